The van der Waals surface area contributed by atoms with Crippen molar-refractivity contribution in [2.24, 2.45) is 17.8 Å². The van der Waals surface area contributed by atoms with Crippen molar-refractivity contribution in [2.75, 3.05) is 18.1 Å². The predicted octanol–water partition coefficient (Wildman–Crippen LogP) is 3.15. The van der Waals surface area contributed by atoms with Crippen molar-refractivity contribution >= 4 is 11.8 Å². The molecule has 4 atom stereocenters. The summed E-state index contributed by atoms with van der Waals surface area (Å²) in [5, 5.41) is 3.82. The zero-order valence-corrected chi connectivity index (χ0v) is 11.0. The Bertz CT molecular complexity index is 189. The quantitative estimate of drug-likeness (QED) is 0.792. The maximum absolute atomic E-state index is 3.82. The van der Waals surface area contributed by atoms with Gasteiger partial charge in [0, 0.05) is 6.04 Å². The zero-order valence-electron chi connectivity index (χ0n) is 10.2. The number of hydrogen-bond donors (Lipinski definition) is 1. The number of hydrogen-bond acceptors (Lipinski definition) is 2. The van der Waals surface area contributed by atoms with E-state index in [2.05, 4.69) is 30.9 Å². The number of thioether (sulfide) groups is 1. The third-order valence-electron chi connectivity index (χ3n) is 4.44. The first-order valence-electron chi connectivity index (χ1n) is 6.62. The lowest BCUT2D eigenvalue weighted by atomic mass is 9.93. The van der Waals surface area contributed by atoms with E-state index in [1.165, 1.54) is 43.7 Å². The molecule has 1 aliphatic heterocycles. The van der Waals surface area contributed by atoms with E-state index in [4.69, 9.17) is 0 Å². The van der Waals surface area contributed by atoms with Crippen molar-refractivity contribution in [2.45, 2.75) is 45.6 Å². The second-order valence-corrected chi connectivity index (χ2v) is 6.50. The molecule has 0 amide bonds. The van der Waals surface area contributed by atoms with Crippen LogP contribution in [0.5, 0.6) is 0 Å². The lowest BCUT2D eigenvalue weighted by Gasteiger charge is -2.22. The maximum Gasteiger partial charge on any atom is 0.00955 e. The highest BCUT2D eigenvalue weighted by Gasteiger charge is 2.31. The van der Waals surface area contributed by atoms with Gasteiger partial charge >= 0.3 is 0 Å². The molecule has 0 aromatic carbocycles. The van der Waals surface area contributed by atoms with E-state index in [-0.39, 0.29) is 0 Å². The van der Waals surface area contributed by atoms with Crippen LogP contribution in [0.15, 0.2) is 0 Å². The van der Waals surface area contributed by atoms with Gasteiger partial charge in [0.25, 0.3) is 0 Å². The lowest BCUT2D eigenvalue weighted by molar-refractivity contribution is 0.333. The molecular weight excluding hydrogens is 202 g/mol. The second-order valence-electron chi connectivity index (χ2n) is 5.35. The SMILES string of the molecule is CCC1CCC(NCC2CCSC2)C1C. The van der Waals surface area contributed by atoms with Crippen molar-refractivity contribution in [3.05, 3.63) is 0 Å². The highest BCUT2D eigenvalue weighted by atomic mass is 32.2. The molecule has 2 aliphatic rings. The van der Waals surface area contributed by atoms with Crippen molar-refractivity contribution < 1.29 is 0 Å². The molecule has 0 aromatic rings. The summed E-state index contributed by atoms with van der Waals surface area (Å²) in [6, 6.07) is 0.820. The molecule has 15 heavy (non-hydrogen) atoms. The van der Waals surface area contributed by atoms with Gasteiger partial charge in [0.1, 0.15) is 0 Å². The van der Waals surface area contributed by atoms with Crippen LogP contribution in [-0.2, 0) is 0 Å². The first kappa shape index (κ1) is 11.8. The Morgan fingerprint density at radius 2 is 2.13 bits per heavy atom. The van der Waals surface area contributed by atoms with Crippen LogP contribution in [0, 0.1) is 17.8 Å². The molecule has 1 nitrogen and oxygen atoms in total. The van der Waals surface area contributed by atoms with Gasteiger partial charge in [0.2, 0.25) is 0 Å². The molecule has 1 aliphatic carbocycles. The molecule has 1 heterocycles. The fourth-order valence-corrected chi connectivity index (χ4v) is 4.46. The van der Waals surface area contributed by atoms with Gasteiger partial charge in [-0.2, -0.15) is 11.8 Å². The average Bonchev–Trinajstić information content (AvgIpc) is 2.85. The van der Waals surface area contributed by atoms with Crippen LogP contribution >= 0.6 is 11.8 Å². The van der Waals surface area contributed by atoms with Crippen molar-refractivity contribution in [3.63, 3.8) is 0 Å². The monoisotopic (exact) mass is 227 g/mol. The van der Waals surface area contributed by atoms with Gasteiger partial charge in [0.05, 0.1) is 0 Å². The molecule has 0 radical (unpaired) electrons. The molecule has 2 rings (SSSR count). The van der Waals surface area contributed by atoms with Crippen LogP contribution in [-0.4, -0.2) is 24.1 Å². The molecule has 2 fully saturated rings. The summed E-state index contributed by atoms with van der Waals surface area (Å²) in [5.41, 5.74) is 0. The summed E-state index contributed by atoms with van der Waals surface area (Å²) in [5.74, 6) is 5.64. The lowest BCUT2D eigenvalue weighted by Crippen LogP contribution is -2.36. The smallest absolute Gasteiger partial charge is 0.00955 e. The van der Waals surface area contributed by atoms with Gasteiger partial charge in [-0.3, -0.25) is 0 Å². The second kappa shape index (κ2) is 5.58. The summed E-state index contributed by atoms with van der Waals surface area (Å²) >= 11 is 2.13. The molecule has 88 valence electrons. The fraction of sp³-hybridized carbons (Fsp3) is 1.00. The van der Waals surface area contributed by atoms with Crippen LogP contribution in [0.25, 0.3) is 0 Å². The van der Waals surface area contributed by atoms with E-state index in [9.17, 15) is 0 Å². The van der Waals surface area contributed by atoms with Gasteiger partial charge in [-0.1, -0.05) is 20.3 Å². The molecule has 0 spiro atoms. The molecule has 2 heteroatoms. The summed E-state index contributed by atoms with van der Waals surface area (Å²) in [6.07, 6.45) is 5.68. The Hall–Kier alpha value is 0.310. The van der Waals surface area contributed by atoms with E-state index < -0.39 is 0 Å². The van der Waals surface area contributed by atoms with E-state index in [0.717, 1.165) is 23.8 Å². The topological polar surface area (TPSA) is 12.0 Å². The van der Waals surface area contributed by atoms with E-state index in [1.807, 2.05) is 0 Å². The molecule has 1 saturated carbocycles. The summed E-state index contributed by atoms with van der Waals surface area (Å²) < 4.78 is 0. The highest BCUT2D eigenvalue weighted by Crippen LogP contribution is 2.34. The third kappa shape index (κ3) is 2.91. The van der Waals surface area contributed by atoms with E-state index in [1.54, 1.807) is 0 Å². The van der Waals surface area contributed by atoms with Gasteiger partial charge < -0.3 is 5.32 Å². The van der Waals surface area contributed by atoms with Crippen molar-refractivity contribution in [1.82, 2.24) is 5.32 Å². The van der Waals surface area contributed by atoms with Gasteiger partial charge in [0.15, 0.2) is 0 Å². The normalized spacial score (nSPS) is 41.2. The Balaban J connectivity index is 1.70. The molecule has 4 unspecified atom stereocenters. The van der Waals surface area contributed by atoms with Crippen molar-refractivity contribution in [1.29, 1.82) is 0 Å². The maximum atomic E-state index is 3.82. The van der Waals surface area contributed by atoms with Crippen LogP contribution in [0.3, 0.4) is 0 Å². The summed E-state index contributed by atoms with van der Waals surface area (Å²) in [4.78, 5) is 0. The largest absolute Gasteiger partial charge is 0.313 e. The molecule has 1 saturated heterocycles. The zero-order chi connectivity index (χ0) is 10.7. The Kier molecular flexibility index (Phi) is 4.39. The standard InChI is InChI=1S/C13H25NS/c1-3-12-4-5-13(10(12)2)14-8-11-6-7-15-9-11/h10-14H,3-9H2,1-2H3. The van der Waals surface area contributed by atoms with Gasteiger partial charge in [-0.15, -0.1) is 0 Å². The van der Waals surface area contributed by atoms with Crippen LogP contribution in [0.4, 0.5) is 0 Å². The van der Waals surface area contributed by atoms with E-state index >= 15 is 0 Å². The van der Waals surface area contributed by atoms with Crippen LogP contribution in [0.2, 0.25) is 0 Å². The molecule has 0 bridgehead atoms. The molecular formula is C13H25NS. The molecule has 1 N–H and O–H groups in total. The Labute approximate surface area is 98.8 Å². The minimum atomic E-state index is 0.820. The first-order chi connectivity index (χ1) is 7.31. The summed E-state index contributed by atoms with van der Waals surface area (Å²) in [6.45, 7) is 6.07. The molecule has 0 aromatic heterocycles. The Morgan fingerprint density at radius 1 is 1.27 bits per heavy atom. The highest BCUT2D eigenvalue weighted by molar-refractivity contribution is 7.99. The average molecular weight is 227 g/mol. The van der Waals surface area contributed by atoms with Crippen LogP contribution < -0.4 is 5.32 Å². The number of nitrogens with one attached hydrogen (secondary N) is 1. The van der Waals surface area contributed by atoms with Gasteiger partial charge in [-0.25, -0.2) is 0 Å². The third-order valence-corrected chi connectivity index (χ3v) is 5.68. The van der Waals surface area contributed by atoms with E-state index in [0.29, 0.717) is 0 Å². The number of rotatable bonds is 4. The van der Waals surface area contributed by atoms with Gasteiger partial charge in [-0.05, 0) is 55.1 Å². The predicted molar refractivity (Wildman–Crippen MR) is 69.4 cm³/mol. The summed E-state index contributed by atoms with van der Waals surface area (Å²) in [7, 11) is 0. The van der Waals surface area contributed by atoms with Crippen LogP contribution in [0.1, 0.15) is 39.5 Å². The minimum Gasteiger partial charge on any atom is -0.313 e. The Morgan fingerprint density at radius 3 is 2.73 bits per heavy atom. The van der Waals surface area contributed by atoms with Crippen molar-refractivity contribution in [3.8, 4) is 0 Å². The minimum absolute atomic E-state index is 0.820. The fourth-order valence-electron chi connectivity index (χ4n) is 3.17. The first-order valence-corrected chi connectivity index (χ1v) is 7.77.